The summed E-state index contributed by atoms with van der Waals surface area (Å²) in [6.45, 7) is 11.6. The van der Waals surface area contributed by atoms with E-state index in [0.29, 0.717) is 12.0 Å². The van der Waals surface area contributed by atoms with Crippen LogP contribution in [0.2, 0.25) is 0 Å². The minimum absolute atomic E-state index is 0.409. The Kier molecular flexibility index (Phi) is 6.82. The van der Waals surface area contributed by atoms with Gasteiger partial charge in [0.15, 0.2) is 0 Å². The average molecular weight is 265 g/mol. The second-order valence-corrected chi connectivity index (χ2v) is 6.63. The molecular weight excluding hydrogens is 234 g/mol. The Morgan fingerprint density at radius 2 is 2.00 bits per heavy atom. The van der Waals surface area contributed by atoms with Crippen molar-refractivity contribution in [3.63, 3.8) is 0 Å². The van der Waals surface area contributed by atoms with Crippen molar-refractivity contribution in [1.82, 2.24) is 10.2 Å². The molecule has 3 heteroatoms. The molecule has 1 N–H and O–H groups in total. The van der Waals surface area contributed by atoms with Crippen molar-refractivity contribution in [2.75, 3.05) is 19.6 Å². The molecule has 0 aromatic carbocycles. The van der Waals surface area contributed by atoms with Gasteiger partial charge in [0.05, 0.1) is 6.07 Å². The Hall–Kier alpha value is -0.590. The van der Waals surface area contributed by atoms with Crippen LogP contribution < -0.4 is 5.32 Å². The molecule has 1 fully saturated rings. The smallest absolute Gasteiger partial charge is 0.116 e. The van der Waals surface area contributed by atoms with Gasteiger partial charge in [0.1, 0.15) is 5.54 Å². The van der Waals surface area contributed by atoms with Crippen LogP contribution in [-0.4, -0.2) is 36.1 Å². The first kappa shape index (κ1) is 16.5. The molecule has 1 unspecified atom stereocenters. The lowest BCUT2D eigenvalue weighted by Crippen LogP contribution is -2.53. The van der Waals surface area contributed by atoms with Crippen LogP contribution in [0.3, 0.4) is 0 Å². The zero-order valence-electron chi connectivity index (χ0n) is 13.2. The number of nitrogens with zero attached hydrogens (tertiary/aromatic N) is 2. The molecule has 0 heterocycles. The van der Waals surface area contributed by atoms with Crippen LogP contribution in [-0.2, 0) is 0 Å². The molecule has 1 rings (SSSR count). The molecule has 110 valence electrons. The first-order valence-corrected chi connectivity index (χ1v) is 7.91. The van der Waals surface area contributed by atoms with Gasteiger partial charge in [-0.2, -0.15) is 5.26 Å². The minimum atomic E-state index is -0.409. The standard InChI is InChI=1S/C16H31N3/c1-5-10-18-16(4,12-17)13-19(11-14(2)3)15-8-6-7-9-15/h14-15,18H,5-11,13H2,1-4H3. The first-order chi connectivity index (χ1) is 9.00. The van der Waals surface area contributed by atoms with E-state index >= 15 is 0 Å². The summed E-state index contributed by atoms with van der Waals surface area (Å²) in [6.07, 6.45) is 6.39. The summed E-state index contributed by atoms with van der Waals surface area (Å²) in [7, 11) is 0. The lowest BCUT2D eigenvalue weighted by atomic mass is 10.0. The van der Waals surface area contributed by atoms with E-state index in [-0.39, 0.29) is 0 Å². The van der Waals surface area contributed by atoms with Crippen molar-refractivity contribution in [3.05, 3.63) is 0 Å². The quantitative estimate of drug-likeness (QED) is 0.732. The fourth-order valence-electron chi connectivity index (χ4n) is 3.02. The van der Waals surface area contributed by atoms with E-state index < -0.39 is 5.54 Å². The molecule has 1 aliphatic rings. The zero-order chi connectivity index (χ0) is 14.3. The van der Waals surface area contributed by atoms with Crippen molar-refractivity contribution in [2.24, 2.45) is 5.92 Å². The van der Waals surface area contributed by atoms with Gasteiger partial charge in [-0.15, -0.1) is 0 Å². The first-order valence-electron chi connectivity index (χ1n) is 7.91. The van der Waals surface area contributed by atoms with Crippen LogP contribution >= 0.6 is 0 Å². The van der Waals surface area contributed by atoms with Crippen molar-refractivity contribution in [3.8, 4) is 6.07 Å². The highest BCUT2D eigenvalue weighted by molar-refractivity contribution is 5.06. The second-order valence-electron chi connectivity index (χ2n) is 6.63. The van der Waals surface area contributed by atoms with E-state index in [1.807, 2.05) is 6.92 Å². The molecule has 0 spiro atoms. The topological polar surface area (TPSA) is 39.1 Å². The summed E-state index contributed by atoms with van der Waals surface area (Å²) in [4.78, 5) is 2.56. The summed E-state index contributed by atoms with van der Waals surface area (Å²) in [5.74, 6) is 0.662. The van der Waals surface area contributed by atoms with Crippen LogP contribution in [0, 0.1) is 17.2 Å². The van der Waals surface area contributed by atoms with E-state index in [9.17, 15) is 5.26 Å². The van der Waals surface area contributed by atoms with Gasteiger partial charge in [0, 0.05) is 19.1 Å². The lowest BCUT2D eigenvalue weighted by molar-refractivity contribution is 0.145. The van der Waals surface area contributed by atoms with Gasteiger partial charge in [-0.1, -0.05) is 33.6 Å². The van der Waals surface area contributed by atoms with E-state index in [4.69, 9.17) is 0 Å². The Morgan fingerprint density at radius 3 is 2.47 bits per heavy atom. The van der Waals surface area contributed by atoms with E-state index in [2.05, 4.69) is 37.1 Å². The predicted octanol–water partition coefficient (Wildman–Crippen LogP) is 3.17. The average Bonchev–Trinajstić information content (AvgIpc) is 2.89. The maximum atomic E-state index is 9.50. The van der Waals surface area contributed by atoms with Gasteiger partial charge in [-0.05, 0) is 38.6 Å². The monoisotopic (exact) mass is 265 g/mol. The summed E-state index contributed by atoms with van der Waals surface area (Å²) >= 11 is 0. The molecule has 1 saturated carbocycles. The van der Waals surface area contributed by atoms with Crippen molar-refractivity contribution >= 4 is 0 Å². The molecule has 0 aromatic rings. The minimum Gasteiger partial charge on any atom is -0.299 e. The van der Waals surface area contributed by atoms with Gasteiger partial charge in [-0.3, -0.25) is 10.2 Å². The van der Waals surface area contributed by atoms with Gasteiger partial charge < -0.3 is 0 Å². The highest BCUT2D eigenvalue weighted by Gasteiger charge is 2.31. The number of hydrogen-bond donors (Lipinski definition) is 1. The predicted molar refractivity (Wildman–Crippen MR) is 81.0 cm³/mol. The molecule has 3 nitrogen and oxygen atoms in total. The highest BCUT2D eigenvalue weighted by atomic mass is 15.2. The molecule has 1 aliphatic carbocycles. The van der Waals surface area contributed by atoms with E-state index in [0.717, 1.165) is 26.1 Å². The van der Waals surface area contributed by atoms with Crippen LogP contribution in [0.25, 0.3) is 0 Å². The van der Waals surface area contributed by atoms with Gasteiger partial charge in [0.2, 0.25) is 0 Å². The summed E-state index contributed by atoms with van der Waals surface area (Å²) < 4.78 is 0. The fraction of sp³-hybridized carbons (Fsp3) is 0.938. The Balaban J connectivity index is 2.65. The molecule has 1 atom stereocenters. The van der Waals surface area contributed by atoms with Gasteiger partial charge in [-0.25, -0.2) is 0 Å². The van der Waals surface area contributed by atoms with Gasteiger partial charge in [0.25, 0.3) is 0 Å². The summed E-state index contributed by atoms with van der Waals surface area (Å²) in [6, 6.07) is 3.18. The molecule has 0 aromatic heterocycles. The Bertz CT molecular complexity index is 289. The Morgan fingerprint density at radius 1 is 1.37 bits per heavy atom. The summed E-state index contributed by atoms with van der Waals surface area (Å²) in [5, 5.41) is 12.9. The zero-order valence-corrected chi connectivity index (χ0v) is 13.2. The Labute approximate surface area is 119 Å². The van der Waals surface area contributed by atoms with Crippen LogP contribution in [0.15, 0.2) is 0 Å². The normalized spacial score (nSPS) is 19.8. The highest BCUT2D eigenvalue weighted by Crippen LogP contribution is 2.25. The number of nitriles is 1. The SMILES string of the molecule is CCCNC(C)(C#N)CN(CC(C)C)C1CCCC1. The molecule has 0 radical (unpaired) electrons. The second kappa shape index (κ2) is 7.87. The third-order valence-electron chi connectivity index (χ3n) is 3.97. The van der Waals surface area contributed by atoms with Crippen molar-refractivity contribution in [1.29, 1.82) is 5.26 Å². The van der Waals surface area contributed by atoms with Crippen molar-refractivity contribution in [2.45, 2.75) is 71.4 Å². The summed E-state index contributed by atoms with van der Waals surface area (Å²) in [5.41, 5.74) is -0.409. The fourth-order valence-corrected chi connectivity index (χ4v) is 3.02. The van der Waals surface area contributed by atoms with Crippen LogP contribution in [0.4, 0.5) is 0 Å². The largest absolute Gasteiger partial charge is 0.299 e. The number of rotatable bonds is 8. The number of hydrogen-bond acceptors (Lipinski definition) is 3. The molecular formula is C16H31N3. The van der Waals surface area contributed by atoms with E-state index in [1.54, 1.807) is 0 Å². The molecule has 0 amide bonds. The third kappa shape index (κ3) is 5.50. The third-order valence-corrected chi connectivity index (χ3v) is 3.97. The van der Waals surface area contributed by atoms with Gasteiger partial charge >= 0.3 is 0 Å². The molecule has 0 bridgehead atoms. The molecule has 0 aliphatic heterocycles. The lowest BCUT2D eigenvalue weighted by Gasteiger charge is -2.36. The van der Waals surface area contributed by atoms with E-state index in [1.165, 1.54) is 25.7 Å². The molecule has 19 heavy (non-hydrogen) atoms. The maximum absolute atomic E-state index is 9.50. The molecule has 0 saturated heterocycles. The maximum Gasteiger partial charge on any atom is 0.116 e. The van der Waals surface area contributed by atoms with Crippen molar-refractivity contribution < 1.29 is 0 Å². The van der Waals surface area contributed by atoms with Crippen LogP contribution in [0.5, 0.6) is 0 Å². The number of nitrogens with one attached hydrogen (secondary N) is 1. The van der Waals surface area contributed by atoms with Crippen LogP contribution in [0.1, 0.15) is 59.8 Å².